The number of carbonyl (C=O) groups excluding carboxylic acids is 1. The Morgan fingerprint density at radius 1 is 1.11 bits per heavy atom. The number of pyridine rings is 1. The highest BCUT2D eigenvalue weighted by Gasteiger charge is 2.26. The van der Waals surface area contributed by atoms with Gasteiger partial charge in [0.1, 0.15) is 5.82 Å². The molecule has 0 atom stereocenters. The number of halogens is 1. The Bertz CT molecular complexity index is 755. The molecule has 0 saturated heterocycles. The Morgan fingerprint density at radius 3 is 2.32 bits per heavy atom. The zero-order valence-electron chi connectivity index (χ0n) is 17.5. The van der Waals surface area contributed by atoms with E-state index in [9.17, 15) is 9.18 Å². The minimum Gasteiger partial charge on any atom is -0.316 e. The van der Waals surface area contributed by atoms with Crippen LogP contribution in [-0.2, 0) is 13.1 Å². The third-order valence-electron chi connectivity index (χ3n) is 5.00. The van der Waals surface area contributed by atoms with Gasteiger partial charge in [0.2, 0.25) is 0 Å². The molecule has 1 aliphatic rings. The van der Waals surface area contributed by atoms with E-state index in [1.54, 1.807) is 11.1 Å². The molecule has 152 valence electrons. The first-order chi connectivity index (χ1) is 13.6. The molecule has 1 aromatic heterocycles. The van der Waals surface area contributed by atoms with Gasteiger partial charge in [-0.1, -0.05) is 52.7 Å². The Balaban J connectivity index is 0.00000136. The van der Waals surface area contributed by atoms with Crippen LogP contribution in [0, 0.1) is 5.82 Å². The topological polar surface area (TPSA) is 45.2 Å². The number of anilines is 1. The van der Waals surface area contributed by atoms with Crippen molar-refractivity contribution in [2.24, 2.45) is 0 Å². The van der Waals surface area contributed by atoms with E-state index in [1.807, 2.05) is 26.0 Å². The van der Waals surface area contributed by atoms with E-state index in [1.165, 1.54) is 37.4 Å². The van der Waals surface area contributed by atoms with Gasteiger partial charge in [-0.2, -0.15) is 0 Å². The van der Waals surface area contributed by atoms with Crippen molar-refractivity contribution in [2.75, 3.05) is 5.32 Å². The Hall–Kier alpha value is -2.43. The summed E-state index contributed by atoms with van der Waals surface area (Å²) in [6.07, 6.45) is 7.54. The second-order valence-electron chi connectivity index (χ2n) is 6.94. The Kier molecular flexibility index (Phi) is 8.42. The van der Waals surface area contributed by atoms with E-state index in [2.05, 4.69) is 36.3 Å². The fourth-order valence-corrected chi connectivity index (χ4v) is 3.63. The minimum absolute atomic E-state index is 0.216. The molecule has 0 saturated carbocycles. The van der Waals surface area contributed by atoms with Crippen molar-refractivity contribution in [1.29, 1.82) is 0 Å². The summed E-state index contributed by atoms with van der Waals surface area (Å²) in [6.45, 7) is 9.09. The molecule has 0 aliphatic carbocycles. The summed E-state index contributed by atoms with van der Waals surface area (Å²) in [5.74, 6) is 0.235. The average Bonchev–Trinajstić information content (AvgIpc) is 3.16. The first kappa shape index (κ1) is 21.9. The smallest absolute Gasteiger partial charge is 0.316 e. The number of aromatic nitrogens is 1. The van der Waals surface area contributed by atoms with Crippen LogP contribution < -0.4 is 5.32 Å². The van der Waals surface area contributed by atoms with Crippen LogP contribution in [0.1, 0.15) is 76.0 Å². The lowest BCUT2D eigenvalue weighted by molar-refractivity contribution is 0.212. The van der Waals surface area contributed by atoms with E-state index in [4.69, 9.17) is 0 Å². The molecule has 1 aliphatic heterocycles. The molecule has 0 unspecified atom stereocenters. The van der Waals surface area contributed by atoms with Gasteiger partial charge in [-0.15, -0.1) is 0 Å². The zero-order valence-corrected chi connectivity index (χ0v) is 17.5. The SMILES string of the molecule is CC.CCCC(CCC)c1ccc(NC(=O)N2Cc3cncc(F)c3C2)cc1. The molecule has 0 radical (unpaired) electrons. The van der Waals surface area contributed by atoms with Crippen molar-refractivity contribution in [1.82, 2.24) is 9.88 Å². The van der Waals surface area contributed by atoms with E-state index in [-0.39, 0.29) is 18.4 Å². The monoisotopic (exact) mass is 385 g/mol. The lowest BCUT2D eigenvalue weighted by Gasteiger charge is -2.18. The first-order valence-corrected chi connectivity index (χ1v) is 10.4. The number of fused-ring (bicyclic) bond motifs is 1. The van der Waals surface area contributed by atoms with Gasteiger partial charge in [0, 0.05) is 24.0 Å². The van der Waals surface area contributed by atoms with Crippen molar-refractivity contribution in [3.8, 4) is 0 Å². The Morgan fingerprint density at radius 2 is 1.75 bits per heavy atom. The molecule has 28 heavy (non-hydrogen) atoms. The third kappa shape index (κ3) is 5.31. The van der Waals surface area contributed by atoms with Crippen molar-refractivity contribution in [3.63, 3.8) is 0 Å². The van der Waals surface area contributed by atoms with E-state index >= 15 is 0 Å². The maximum Gasteiger partial charge on any atom is 0.322 e. The molecule has 1 N–H and O–H groups in total. The van der Waals surface area contributed by atoms with Gasteiger partial charge in [-0.25, -0.2) is 9.18 Å². The molecule has 0 spiro atoms. The second-order valence-corrected chi connectivity index (χ2v) is 6.94. The normalized spacial score (nSPS) is 12.4. The number of nitrogens with one attached hydrogen (secondary N) is 1. The fourth-order valence-electron chi connectivity index (χ4n) is 3.63. The van der Waals surface area contributed by atoms with Crippen molar-refractivity contribution in [2.45, 2.75) is 72.4 Å². The predicted octanol–water partition coefficient (Wildman–Crippen LogP) is 6.48. The van der Waals surface area contributed by atoms with Crippen LogP contribution in [0.2, 0.25) is 0 Å². The van der Waals surface area contributed by atoms with Gasteiger partial charge in [-0.3, -0.25) is 4.98 Å². The van der Waals surface area contributed by atoms with Crippen molar-refractivity contribution in [3.05, 3.63) is 59.2 Å². The van der Waals surface area contributed by atoms with Crippen LogP contribution in [0.3, 0.4) is 0 Å². The molecule has 0 fully saturated rings. The van der Waals surface area contributed by atoms with E-state index < -0.39 is 0 Å². The molecule has 2 heterocycles. The van der Waals surface area contributed by atoms with Gasteiger partial charge >= 0.3 is 6.03 Å². The highest BCUT2D eigenvalue weighted by atomic mass is 19.1. The number of carbonyl (C=O) groups is 1. The number of hydrogen-bond donors (Lipinski definition) is 1. The summed E-state index contributed by atoms with van der Waals surface area (Å²) < 4.78 is 13.8. The molecule has 4 nitrogen and oxygen atoms in total. The molecule has 5 heteroatoms. The summed E-state index contributed by atoms with van der Waals surface area (Å²) in [5, 5.41) is 2.91. The highest BCUT2D eigenvalue weighted by Crippen LogP contribution is 2.28. The van der Waals surface area contributed by atoms with Crippen molar-refractivity contribution < 1.29 is 9.18 Å². The van der Waals surface area contributed by atoms with E-state index in [0.717, 1.165) is 11.3 Å². The van der Waals surface area contributed by atoms with E-state index in [0.29, 0.717) is 18.0 Å². The quantitative estimate of drug-likeness (QED) is 0.618. The van der Waals surface area contributed by atoms with Crippen LogP contribution in [0.4, 0.5) is 14.9 Å². The minimum atomic E-state index is -0.347. The summed E-state index contributed by atoms with van der Waals surface area (Å²) in [7, 11) is 0. The van der Waals surface area contributed by atoms with Crippen LogP contribution >= 0.6 is 0 Å². The van der Waals surface area contributed by atoms with Gasteiger partial charge in [0.15, 0.2) is 0 Å². The number of nitrogens with zero attached hydrogens (tertiary/aromatic N) is 2. The zero-order chi connectivity index (χ0) is 20.5. The third-order valence-corrected chi connectivity index (χ3v) is 5.00. The van der Waals surface area contributed by atoms with Crippen LogP contribution in [0.5, 0.6) is 0 Å². The molecular weight excluding hydrogens is 353 g/mol. The van der Waals surface area contributed by atoms with Gasteiger partial charge in [-0.05, 0) is 42.0 Å². The summed E-state index contributed by atoms with van der Waals surface area (Å²) in [6, 6.07) is 7.90. The number of amides is 2. The number of hydrogen-bond acceptors (Lipinski definition) is 2. The highest BCUT2D eigenvalue weighted by molar-refractivity contribution is 5.89. The van der Waals surface area contributed by atoms with Crippen LogP contribution in [0.15, 0.2) is 36.7 Å². The summed E-state index contributed by atoms with van der Waals surface area (Å²) in [5.41, 5.74) is 3.43. The van der Waals surface area contributed by atoms with Crippen LogP contribution in [0.25, 0.3) is 0 Å². The number of rotatable bonds is 6. The molecule has 1 aromatic carbocycles. The number of benzene rings is 1. The lowest BCUT2D eigenvalue weighted by Crippen LogP contribution is -2.30. The lowest BCUT2D eigenvalue weighted by atomic mass is 9.90. The summed E-state index contributed by atoms with van der Waals surface area (Å²) in [4.78, 5) is 17.9. The molecule has 2 amide bonds. The maximum atomic E-state index is 13.8. The standard InChI is InChI=1S/C21H26FN3O.C2H6/c1-3-5-15(6-4-2)16-7-9-18(10-8-16)24-21(26)25-13-17-11-23-12-20(22)19(17)14-25;1-2/h7-12,15H,3-6,13-14H2,1-2H3,(H,24,26);1-2H3. The Labute approximate surface area is 168 Å². The molecule has 3 rings (SSSR count). The van der Waals surface area contributed by atoms with Gasteiger partial charge in [0.05, 0.1) is 12.7 Å². The van der Waals surface area contributed by atoms with Gasteiger partial charge in [0.25, 0.3) is 0 Å². The predicted molar refractivity (Wildman–Crippen MR) is 113 cm³/mol. The second kappa shape index (κ2) is 10.8. The summed E-state index contributed by atoms with van der Waals surface area (Å²) >= 11 is 0. The average molecular weight is 386 g/mol. The first-order valence-electron chi connectivity index (χ1n) is 10.4. The van der Waals surface area contributed by atoms with Crippen molar-refractivity contribution >= 4 is 11.7 Å². The van der Waals surface area contributed by atoms with Gasteiger partial charge < -0.3 is 10.2 Å². The van der Waals surface area contributed by atoms with Crippen LogP contribution in [-0.4, -0.2) is 15.9 Å². The largest absolute Gasteiger partial charge is 0.322 e. The molecule has 2 aromatic rings. The maximum absolute atomic E-state index is 13.8. The number of urea groups is 1. The fraction of sp³-hybridized carbons (Fsp3) is 0.478. The molecular formula is C23H32FN3O. The molecule has 0 bridgehead atoms.